The van der Waals surface area contributed by atoms with E-state index in [4.69, 9.17) is 10.5 Å². The monoisotopic (exact) mass is 233 g/mol. The highest BCUT2D eigenvalue weighted by Gasteiger charge is 2.12. The van der Waals surface area contributed by atoms with Crippen LogP contribution in [-0.4, -0.2) is 28.8 Å². The van der Waals surface area contributed by atoms with Crippen LogP contribution < -0.4 is 5.73 Å². The number of hydrogen-bond acceptors (Lipinski definition) is 3. The van der Waals surface area contributed by atoms with Gasteiger partial charge in [0.25, 0.3) is 0 Å². The molecule has 4 nitrogen and oxygen atoms in total. The summed E-state index contributed by atoms with van der Waals surface area (Å²) in [5.74, 6) is 1.00. The Kier molecular flexibility index (Phi) is 3.76. The van der Waals surface area contributed by atoms with Crippen molar-refractivity contribution in [2.45, 2.75) is 26.5 Å². The first kappa shape index (κ1) is 12.1. The predicted molar refractivity (Wildman–Crippen MR) is 68.9 cm³/mol. The first-order valence-electron chi connectivity index (χ1n) is 5.99. The van der Waals surface area contributed by atoms with Crippen molar-refractivity contribution < 1.29 is 4.74 Å². The summed E-state index contributed by atoms with van der Waals surface area (Å²) in [6, 6.07) is 8.13. The highest BCUT2D eigenvalue weighted by molar-refractivity contribution is 5.75. The summed E-state index contributed by atoms with van der Waals surface area (Å²) < 4.78 is 7.76. The summed E-state index contributed by atoms with van der Waals surface area (Å²) in [4.78, 5) is 4.53. The maximum Gasteiger partial charge on any atom is 0.106 e. The Labute approximate surface area is 101 Å². The van der Waals surface area contributed by atoms with E-state index in [1.54, 1.807) is 0 Å². The van der Waals surface area contributed by atoms with Crippen molar-refractivity contribution in [1.29, 1.82) is 0 Å². The van der Waals surface area contributed by atoms with Gasteiger partial charge in [0.2, 0.25) is 0 Å². The van der Waals surface area contributed by atoms with Gasteiger partial charge in [-0.2, -0.15) is 0 Å². The van der Waals surface area contributed by atoms with E-state index in [0.29, 0.717) is 13.2 Å². The molecule has 92 valence electrons. The number of hydrogen-bond donors (Lipinski definition) is 1. The molecule has 2 rings (SSSR count). The maximum absolute atomic E-state index is 5.71. The minimum Gasteiger partial charge on any atom is -0.375 e. The second kappa shape index (κ2) is 5.29. The Bertz CT molecular complexity index is 492. The molecule has 0 saturated carbocycles. The molecule has 0 aliphatic carbocycles. The molecule has 1 aromatic carbocycles. The Morgan fingerprint density at radius 2 is 2.18 bits per heavy atom. The normalized spacial score (nSPS) is 13.1. The fourth-order valence-electron chi connectivity index (χ4n) is 2.06. The number of ether oxygens (including phenoxy) is 1. The molecule has 1 atom stereocenters. The van der Waals surface area contributed by atoms with Crippen LogP contribution in [0.3, 0.4) is 0 Å². The van der Waals surface area contributed by atoms with Crippen LogP contribution in [0.4, 0.5) is 0 Å². The van der Waals surface area contributed by atoms with Crippen LogP contribution in [0, 0.1) is 6.92 Å². The zero-order valence-electron chi connectivity index (χ0n) is 10.4. The molecule has 0 saturated heterocycles. The van der Waals surface area contributed by atoms with Crippen molar-refractivity contribution in [3.05, 3.63) is 30.1 Å². The lowest BCUT2D eigenvalue weighted by atomic mass is 10.3. The number of imidazole rings is 1. The average molecular weight is 233 g/mol. The summed E-state index contributed by atoms with van der Waals surface area (Å²) in [5, 5.41) is 0. The van der Waals surface area contributed by atoms with Gasteiger partial charge in [-0.05, 0) is 26.0 Å². The molecule has 1 unspecified atom stereocenters. The number of para-hydroxylation sites is 2. The van der Waals surface area contributed by atoms with Gasteiger partial charge in [-0.1, -0.05) is 12.1 Å². The summed E-state index contributed by atoms with van der Waals surface area (Å²) in [6.07, 6.45) is 0.0521. The van der Waals surface area contributed by atoms with Crippen molar-refractivity contribution in [2.24, 2.45) is 5.73 Å². The average Bonchev–Trinajstić information content (AvgIpc) is 2.65. The van der Waals surface area contributed by atoms with Crippen molar-refractivity contribution in [1.82, 2.24) is 9.55 Å². The number of aryl methyl sites for hydroxylation is 1. The minimum absolute atomic E-state index is 0.0521. The van der Waals surface area contributed by atoms with Crippen molar-refractivity contribution in [2.75, 3.05) is 13.2 Å². The molecule has 17 heavy (non-hydrogen) atoms. The number of aromatic nitrogens is 2. The smallest absolute Gasteiger partial charge is 0.106 e. The van der Waals surface area contributed by atoms with Crippen molar-refractivity contribution in [3.8, 4) is 0 Å². The summed E-state index contributed by atoms with van der Waals surface area (Å²) in [7, 11) is 0. The van der Waals surface area contributed by atoms with E-state index in [2.05, 4.69) is 15.6 Å². The van der Waals surface area contributed by atoms with Gasteiger partial charge in [-0.3, -0.25) is 0 Å². The minimum atomic E-state index is 0.0521. The first-order valence-corrected chi connectivity index (χ1v) is 5.99. The fourth-order valence-corrected chi connectivity index (χ4v) is 2.06. The molecular weight excluding hydrogens is 214 g/mol. The molecule has 0 radical (unpaired) electrons. The van der Waals surface area contributed by atoms with Crippen LogP contribution in [0.25, 0.3) is 11.0 Å². The third kappa shape index (κ3) is 2.48. The number of benzene rings is 1. The van der Waals surface area contributed by atoms with E-state index in [9.17, 15) is 0 Å². The number of rotatable bonds is 5. The van der Waals surface area contributed by atoms with E-state index in [1.807, 2.05) is 32.0 Å². The molecule has 0 amide bonds. The molecule has 2 N–H and O–H groups in total. The highest BCUT2D eigenvalue weighted by atomic mass is 16.5. The van der Waals surface area contributed by atoms with Gasteiger partial charge in [0.1, 0.15) is 5.82 Å². The standard InChI is InChI=1S/C13H19N3O/c1-3-17-11(8-14)9-16-10(2)15-12-6-4-5-7-13(12)16/h4-7,11H,3,8-9,14H2,1-2H3. The zero-order chi connectivity index (χ0) is 12.3. The third-order valence-corrected chi connectivity index (χ3v) is 2.90. The number of nitrogens with two attached hydrogens (primary N) is 1. The molecule has 4 heteroatoms. The fraction of sp³-hybridized carbons (Fsp3) is 0.462. The van der Waals surface area contributed by atoms with Crippen LogP contribution in [0.1, 0.15) is 12.7 Å². The zero-order valence-corrected chi connectivity index (χ0v) is 10.4. The van der Waals surface area contributed by atoms with E-state index in [-0.39, 0.29) is 6.10 Å². The molecule has 1 aromatic heterocycles. The second-order valence-corrected chi connectivity index (χ2v) is 4.07. The number of fused-ring (bicyclic) bond motifs is 1. The molecular formula is C13H19N3O. The van der Waals surface area contributed by atoms with Gasteiger partial charge in [0, 0.05) is 13.2 Å². The first-order chi connectivity index (χ1) is 8.26. The molecule has 1 heterocycles. The van der Waals surface area contributed by atoms with E-state index in [0.717, 1.165) is 23.4 Å². The lowest BCUT2D eigenvalue weighted by Crippen LogP contribution is -2.29. The summed E-state index contributed by atoms with van der Waals surface area (Å²) in [6.45, 7) is 5.98. The van der Waals surface area contributed by atoms with Gasteiger partial charge in [0.15, 0.2) is 0 Å². The van der Waals surface area contributed by atoms with Crippen LogP contribution in [0.5, 0.6) is 0 Å². The lowest BCUT2D eigenvalue weighted by Gasteiger charge is -2.17. The SMILES string of the molecule is CCOC(CN)Cn1c(C)nc2ccccc21. The molecule has 0 spiro atoms. The Morgan fingerprint density at radius 1 is 1.41 bits per heavy atom. The molecule has 0 aliphatic heterocycles. The summed E-state index contributed by atoms with van der Waals surface area (Å²) in [5.41, 5.74) is 7.88. The van der Waals surface area contributed by atoms with Crippen LogP contribution in [0.2, 0.25) is 0 Å². The van der Waals surface area contributed by atoms with Crippen LogP contribution in [0.15, 0.2) is 24.3 Å². The van der Waals surface area contributed by atoms with Gasteiger partial charge < -0.3 is 15.0 Å². The van der Waals surface area contributed by atoms with Gasteiger partial charge in [-0.15, -0.1) is 0 Å². The molecule has 0 bridgehead atoms. The molecule has 0 aliphatic rings. The third-order valence-electron chi connectivity index (χ3n) is 2.90. The van der Waals surface area contributed by atoms with E-state index < -0.39 is 0 Å². The van der Waals surface area contributed by atoms with E-state index >= 15 is 0 Å². The van der Waals surface area contributed by atoms with Crippen LogP contribution >= 0.6 is 0 Å². The Balaban J connectivity index is 2.31. The van der Waals surface area contributed by atoms with Crippen LogP contribution in [-0.2, 0) is 11.3 Å². The topological polar surface area (TPSA) is 53.1 Å². The molecule has 0 fully saturated rings. The predicted octanol–water partition coefficient (Wildman–Crippen LogP) is 1.71. The summed E-state index contributed by atoms with van der Waals surface area (Å²) >= 11 is 0. The second-order valence-electron chi connectivity index (χ2n) is 4.07. The highest BCUT2D eigenvalue weighted by Crippen LogP contribution is 2.16. The number of nitrogens with zero attached hydrogens (tertiary/aromatic N) is 2. The lowest BCUT2D eigenvalue weighted by molar-refractivity contribution is 0.0571. The quantitative estimate of drug-likeness (QED) is 0.855. The van der Waals surface area contributed by atoms with Gasteiger partial charge in [-0.25, -0.2) is 4.98 Å². The van der Waals surface area contributed by atoms with Gasteiger partial charge >= 0.3 is 0 Å². The van der Waals surface area contributed by atoms with E-state index in [1.165, 1.54) is 0 Å². The van der Waals surface area contributed by atoms with Crippen molar-refractivity contribution >= 4 is 11.0 Å². The Hall–Kier alpha value is -1.39. The largest absolute Gasteiger partial charge is 0.375 e. The van der Waals surface area contributed by atoms with Gasteiger partial charge in [0.05, 0.1) is 23.7 Å². The maximum atomic E-state index is 5.71. The van der Waals surface area contributed by atoms with Crippen molar-refractivity contribution in [3.63, 3.8) is 0 Å². The Morgan fingerprint density at radius 3 is 2.88 bits per heavy atom. The molecule has 2 aromatic rings.